The zero-order valence-electron chi connectivity index (χ0n) is 8.88. The molecule has 0 radical (unpaired) electrons. The number of hydroxylamine groups is 1. The summed E-state index contributed by atoms with van der Waals surface area (Å²) in [5.74, 6) is -1.03. The smallest absolute Gasteiger partial charge is 0.281 e. The van der Waals surface area contributed by atoms with E-state index >= 15 is 0 Å². The highest BCUT2D eigenvalue weighted by molar-refractivity contribution is 6.04. The summed E-state index contributed by atoms with van der Waals surface area (Å²) in [6.07, 6.45) is 0. The van der Waals surface area contributed by atoms with Gasteiger partial charge in [-0.25, -0.2) is 4.39 Å². The van der Waals surface area contributed by atoms with Gasteiger partial charge in [0, 0.05) is 5.56 Å². The van der Waals surface area contributed by atoms with Crippen LogP contribution in [0.2, 0.25) is 0 Å². The van der Waals surface area contributed by atoms with Crippen LogP contribution in [-0.2, 0) is 0 Å². The number of nitrogens with zero attached hydrogens (tertiary/aromatic N) is 1. The SMILES string of the molecule is O=C(c1ccc(F)cc1)N(O)c1ccccc1. The van der Waals surface area contributed by atoms with E-state index in [1.54, 1.807) is 30.3 Å². The minimum atomic E-state index is -0.601. The maximum Gasteiger partial charge on any atom is 0.281 e. The van der Waals surface area contributed by atoms with E-state index in [2.05, 4.69) is 0 Å². The third-order valence-corrected chi connectivity index (χ3v) is 2.28. The summed E-state index contributed by atoms with van der Waals surface area (Å²) in [4.78, 5) is 11.8. The second-order valence-corrected chi connectivity index (χ2v) is 3.46. The second kappa shape index (κ2) is 4.76. The molecule has 86 valence electrons. The maximum atomic E-state index is 12.7. The first kappa shape index (κ1) is 11.3. The van der Waals surface area contributed by atoms with E-state index in [4.69, 9.17) is 0 Å². The second-order valence-electron chi connectivity index (χ2n) is 3.46. The summed E-state index contributed by atoms with van der Waals surface area (Å²) in [5.41, 5.74) is 0.583. The molecular weight excluding hydrogens is 221 g/mol. The number of carbonyl (C=O) groups excluding carboxylic acids is 1. The summed E-state index contributed by atoms with van der Waals surface area (Å²) >= 11 is 0. The molecule has 1 amide bonds. The molecule has 0 saturated heterocycles. The van der Waals surface area contributed by atoms with Gasteiger partial charge in [-0.2, -0.15) is 5.06 Å². The van der Waals surface area contributed by atoms with E-state index in [-0.39, 0.29) is 5.56 Å². The van der Waals surface area contributed by atoms with Crippen LogP contribution in [0.15, 0.2) is 54.6 Å². The van der Waals surface area contributed by atoms with Gasteiger partial charge in [-0.05, 0) is 36.4 Å². The fraction of sp³-hybridized carbons (Fsp3) is 0. The fourth-order valence-electron chi connectivity index (χ4n) is 1.40. The third-order valence-electron chi connectivity index (χ3n) is 2.28. The number of para-hydroxylation sites is 1. The van der Waals surface area contributed by atoms with Crippen LogP contribution in [0.4, 0.5) is 10.1 Å². The predicted molar refractivity (Wildman–Crippen MR) is 61.4 cm³/mol. The monoisotopic (exact) mass is 231 g/mol. The lowest BCUT2D eigenvalue weighted by Gasteiger charge is -2.14. The largest absolute Gasteiger partial charge is 0.281 e. The lowest BCUT2D eigenvalue weighted by molar-refractivity contribution is 0.0854. The van der Waals surface area contributed by atoms with Gasteiger partial charge < -0.3 is 0 Å². The van der Waals surface area contributed by atoms with Gasteiger partial charge in [0.2, 0.25) is 0 Å². The topological polar surface area (TPSA) is 40.5 Å². The molecule has 0 saturated carbocycles. The molecule has 0 fully saturated rings. The molecule has 0 aliphatic carbocycles. The molecule has 1 N–H and O–H groups in total. The van der Waals surface area contributed by atoms with Gasteiger partial charge in [-0.3, -0.25) is 10.0 Å². The van der Waals surface area contributed by atoms with E-state index in [1.165, 1.54) is 24.3 Å². The number of anilines is 1. The van der Waals surface area contributed by atoms with Crippen molar-refractivity contribution in [2.45, 2.75) is 0 Å². The Morgan fingerprint density at radius 2 is 1.59 bits per heavy atom. The Kier molecular flexibility index (Phi) is 3.16. The molecule has 0 unspecified atom stereocenters. The molecule has 2 aromatic rings. The number of carbonyl (C=O) groups is 1. The molecule has 0 atom stereocenters. The number of hydrogen-bond acceptors (Lipinski definition) is 2. The highest BCUT2D eigenvalue weighted by Gasteiger charge is 2.14. The van der Waals surface area contributed by atoms with Gasteiger partial charge >= 0.3 is 0 Å². The van der Waals surface area contributed by atoms with E-state index in [9.17, 15) is 14.4 Å². The summed E-state index contributed by atoms with van der Waals surface area (Å²) in [6.45, 7) is 0. The number of hydrogen-bond donors (Lipinski definition) is 1. The minimum Gasteiger partial charge on any atom is -0.281 e. The Morgan fingerprint density at radius 3 is 2.18 bits per heavy atom. The van der Waals surface area contributed by atoms with Gasteiger partial charge in [-0.15, -0.1) is 0 Å². The van der Waals surface area contributed by atoms with Crippen molar-refractivity contribution in [3.8, 4) is 0 Å². The molecule has 17 heavy (non-hydrogen) atoms. The van der Waals surface area contributed by atoms with E-state index in [1.807, 2.05) is 0 Å². The third kappa shape index (κ3) is 2.49. The van der Waals surface area contributed by atoms with Crippen molar-refractivity contribution in [1.29, 1.82) is 0 Å². The number of amides is 1. The molecule has 0 spiro atoms. The average Bonchev–Trinajstić information content (AvgIpc) is 2.39. The Morgan fingerprint density at radius 1 is 1.00 bits per heavy atom. The van der Waals surface area contributed by atoms with Crippen molar-refractivity contribution in [3.63, 3.8) is 0 Å². The molecule has 0 aromatic heterocycles. The van der Waals surface area contributed by atoms with Gasteiger partial charge in [0.15, 0.2) is 0 Å². The summed E-state index contributed by atoms with van der Waals surface area (Å²) in [5, 5.41) is 10.2. The first-order chi connectivity index (χ1) is 8.18. The van der Waals surface area contributed by atoms with Crippen LogP contribution in [0, 0.1) is 5.82 Å². The number of benzene rings is 2. The molecule has 4 heteroatoms. The Bertz CT molecular complexity index is 511. The first-order valence-corrected chi connectivity index (χ1v) is 5.02. The van der Waals surface area contributed by atoms with Crippen molar-refractivity contribution >= 4 is 11.6 Å². The number of halogens is 1. The standard InChI is InChI=1S/C13H10FNO2/c14-11-8-6-10(7-9-11)13(16)15(17)12-4-2-1-3-5-12/h1-9,17H. The molecule has 2 aromatic carbocycles. The van der Waals surface area contributed by atoms with Crippen molar-refractivity contribution in [1.82, 2.24) is 0 Å². The lowest BCUT2D eigenvalue weighted by atomic mass is 10.2. The van der Waals surface area contributed by atoms with Gasteiger partial charge in [-0.1, -0.05) is 18.2 Å². The zero-order valence-corrected chi connectivity index (χ0v) is 8.88. The highest BCUT2D eigenvalue weighted by Crippen LogP contribution is 2.14. The molecule has 0 aliphatic rings. The normalized spacial score (nSPS) is 10.0. The van der Waals surface area contributed by atoms with Crippen LogP contribution in [0.1, 0.15) is 10.4 Å². The molecule has 0 bridgehead atoms. The van der Waals surface area contributed by atoms with Gasteiger partial charge in [0.25, 0.3) is 5.91 Å². The van der Waals surface area contributed by atoms with Crippen molar-refractivity contribution in [2.24, 2.45) is 0 Å². The highest BCUT2D eigenvalue weighted by atomic mass is 19.1. The Balaban J connectivity index is 2.23. The molecule has 0 aliphatic heterocycles. The van der Waals surface area contributed by atoms with E-state index < -0.39 is 11.7 Å². The van der Waals surface area contributed by atoms with Crippen LogP contribution >= 0.6 is 0 Å². The maximum absolute atomic E-state index is 12.7. The van der Waals surface area contributed by atoms with Gasteiger partial charge in [0.1, 0.15) is 5.82 Å². The quantitative estimate of drug-likeness (QED) is 0.637. The average molecular weight is 231 g/mol. The Hall–Kier alpha value is -2.20. The van der Waals surface area contributed by atoms with Gasteiger partial charge in [0.05, 0.1) is 5.69 Å². The van der Waals surface area contributed by atoms with Crippen LogP contribution in [0.3, 0.4) is 0 Å². The van der Waals surface area contributed by atoms with Crippen LogP contribution in [0.5, 0.6) is 0 Å². The molecular formula is C13H10FNO2. The van der Waals surface area contributed by atoms with E-state index in [0.29, 0.717) is 10.8 Å². The summed E-state index contributed by atoms with van der Waals surface area (Å²) in [6, 6.07) is 13.4. The van der Waals surface area contributed by atoms with Crippen LogP contribution in [0.25, 0.3) is 0 Å². The zero-order chi connectivity index (χ0) is 12.3. The van der Waals surface area contributed by atoms with Crippen LogP contribution in [-0.4, -0.2) is 11.1 Å². The first-order valence-electron chi connectivity index (χ1n) is 5.02. The molecule has 3 nitrogen and oxygen atoms in total. The predicted octanol–water partition coefficient (Wildman–Crippen LogP) is 2.86. The summed E-state index contributed by atoms with van der Waals surface area (Å²) in [7, 11) is 0. The van der Waals surface area contributed by atoms with E-state index in [0.717, 1.165) is 0 Å². The van der Waals surface area contributed by atoms with Crippen molar-refractivity contribution in [2.75, 3.05) is 5.06 Å². The van der Waals surface area contributed by atoms with Crippen LogP contribution < -0.4 is 5.06 Å². The summed E-state index contributed by atoms with van der Waals surface area (Å²) < 4.78 is 12.7. The lowest BCUT2D eigenvalue weighted by Crippen LogP contribution is -2.26. The Labute approximate surface area is 97.7 Å². The molecule has 0 heterocycles. The van der Waals surface area contributed by atoms with Crippen molar-refractivity contribution < 1.29 is 14.4 Å². The minimum absolute atomic E-state index is 0.220. The molecule has 2 rings (SSSR count). The van der Waals surface area contributed by atoms with Crippen molar-refractivity contribution in [3.05, 3.63) is 66.0 Å². The number of rotatable bonds is 2. The fourth-order valence-corrected chi connectivity index (χ4v) is 1.40.